The molecule has 27 heavy (non-hydrogen) atoms. The molecule has 1 N–H and O–H groups in total. The molecule has 0 unspecified atom stereocenters. The number of anilines is 1. The van der Waals surface area contributed by atoms with Crippen molar-refractivity contribution in [2.24, 2.45) is 5.92 Å². The fraction of sp³-hybridized carbons (Fsp3) is 0.333. The van der Waals surface area contributed by atoms with Gasteiger partial charge in [0.25, 0.3) is 0 Å². The zero-order valence-electron chi connectivity index (χ0n) is 15.2. The number of hydrogen-bond donors (Lipinski definition) is 1. The van der Waals surface area contributed by atoms with Gasteiger partial charge in [0.05, 0.1) is 5.92 Å². The highest BCUT2D eigenvalue weighted by atomic mass is 16.6. The van der Waals surface area contributed by atoms with Gasteiger partial charge >= 0.3 is 0 Å². The Balaban J connectivity index is 1.38. The number of likely N-dealkylation sites (tertiary alicyclic amines) is 1. The molecule has 6 heteroatoms. The average Bonchev–Trinajstić information content (AvgIpc) is 3.04. The van der Waals surface area contributed by atoms with Crippen molar-refractivity contribution in [2.75, 3.05) is 25.1 Å². The SMILES string of the molecule is Cc1ccc(CN2C[C@H](C(=O)Nc3ccc4c(c3)OCCO4)CC2=O)cc1. The van der Waals surface area contributed by atoms with E-state index in [-0.39, 0.29) is 24.2 Å². The van der Waals surface area contributed by atoms with E-state index >= 15 is 0 Å². The van der Waals surface area contributed by atoms with Crippen LogP contribution in [0.3, 0.4) is 0 Å². The van der Waals surface area contributed by atoms with E-state index in [0.717, 1.165) is 5.56 Å². The predicted molar refractivity (Wildman–Crippen MR) is 101 cm³/mol. The predicted octanol–water partition coefficient (Wildman–Crippen LogP) is 2.75. The van der Waals surface area contributed by atoms with Crippen LogP contribution >= 0.6 is 0 Å². The zero-order valence-corrected chi connectivity index (χ0v) is 15.2. The van der Waals surface area contributed by atoms with E-state index < -0.39 is 0 Å². The van der Waals surface area contributed by atoms with Crippen molar-refractivity contribution in [3.05, 3.63) is 53.6 Å². The number of carbonyl (C=O) groups is 2. The summed E-state index contributed by atoms with van der Waals surface area (Å²) in [5.41, 5.74) is 2.90. The Hall–Kier alpha value is -3.02. The van der Waals surface area contributed by atoms with Gasteiger partial charge in [-0.25, -0.2) is 0 Å². The molecule has 2 aliphatic heterocycles. The molecule has 0 spiro atoms. The minimum Gasteiger partial charge on any atom is -0.486 e. The first-order valence-electron chi connectivity index (χ1n) is 9.12. The van der Waals surface area contributed by atoms with Crippen LogP contribution in [0.5, 0.6) is 11.5 Å². The van der Waals surface area contributed by atoms with Crippen LogP contribution in [0.1, 0.15) is 17.5 Å². The van der Waals surface area contributed by atoms with Gasteiger partial charge in [-0.1, -0.05) is 29.8 Å². The Morgan fingerprint density at radius 1 is 1.11 bits per heavy atom. The standard InChI is InChI=1S/C21H22N2O4/c1-14-2-4-15(5-3-14)12-23-13-16(10-20(23)24)21(25)22-17-6-7-18-19(11-17)27-9-8-26-18/h2-7,11,16H,8-10,12-13H2,1H3,(H,22,25)/t16-/m1/s1. The molecule has 0 aliphatic carbocycles. The van der Waals surface area contributed by atoms with Crippen LogP contribution in [0.15, 0.2) is 42.5 Å². The molecule has 0 radical (unpaired) electrons. The molecule has 0 aromatic heterocycles. The molecule has 1 saturated heterocycles. The van der Waals surface area contributed by atoms with Crippen LogP contribution in [0, 0.1) is 12.8 Å². The summed E-state index contributed by atoms with van der Waals surface area (Å²) in [4.78, 5) is 26.7. The van der Waals surface area contributed by atoms with E-state index in [1.54, 1.807) is 23.1 Å². The lowest BCUT2D eigenvalue weighted by Crippen LogP contribution is -2.28. The van der Waals surface area contributed by atoms with Gasteiger partial charge in [0.1, 0.15) is 13.2 Å². The third kappa shape index (κ3) is 3.89. The first-order valence-corrected chi connectivity index (χ1v) is 9.12. The van der Waals surface area contributed by atoms with Gasteiger partial charge in [-0.05, 0) is 24.6 Å². The van der Waals surface area contributed by atoms with Crippen molar-refractivity contribution >= 4 is 17.5 Å². The second-order valence-electron chi connectivity index (χ2n) is 7.01. The lowest BCUT2D eigenvalue weighted by atomic mass is 10.1. The molecule has 0 bridgehead atoms. The molecule has 2 heterocycles. The second kappa shape index (κ2) is 7.31. The Morgan fingerprint density at radius 2 is 1.85 bits per heavy atom. The zero-order chi connectivity index (χ0) is 18.8. The van der Waals surface area contributed by atoms with Gasteiger partial charge in [-0.3, -0.25) is 9.59 Å². The molecule has 4 rings (SSSR count). The van der Waals surface area contributed by atoms with E-state index in [2.05, 4.69) is 5.32 Å². The summed E-state index contributed by atoms with van der Waals surface area (Å²) in [5.74, 6) is 0.822. The lowest BCUT2D eigenvalue weighted by Gasteiger charge is -2.19. The van der Waals surface area contributed by atoms with E-state index in [1.807, 2.05) is 31.2 Å². The summed E-state index contributed by atoms with van der Waals surface area (Å²) in [6.45, 7) is 4.02. The average molecular weight is 366 g/mol. The van der Waals surface area contributed by atoms with E-state index in [0.29, 0.717) is 43.5 Å². The number of rotatable bonds is 4. The Bertz CT molecular complexity index is 863. The number of aryl methyl sites for hydroxylation is 1. The number of amides is 2. The Kier molecular flexibility index (Phi) is 4.71. The van der Waals surface area contributed by atoms with Crippen molar-refractivity contribution in [3.8, 4) is 11.5 Å². The quantitative estimate of drug-likeness (QED) is 0.904. The highest BCUT2D eigenvalue weighted by molar-refractivity contribution is 5.97. The van der Waals surface area contributed by atoms with Crippen LogP contribution in [-0.4, -0.2) is 36.5 Å². The summed E-state index contributed by atoms with van der Waals surface area (Å²) < 4.78 is 11.0. The molecule has 6 nitrogen and oxygen atoms in total. The van der Waals surface area contributed by atoms with Gasteiger partial charge in [0, 0.05) is 31.3 Å². The smallest absolute Gasteiger partial charge is 0.229 e. The number of hydrogen-bond acceptors (Lipinski definition) is 4. The van der Waals surface area contributed by atoms with Crippen LogP contribution in [0.4, 0.5) is 5.69 Å². The summed E-state index contributed by atoms with van der Waals surface area (Å²) >= 11 is 0. The van der Waals surface area contributed by atoms with Crippen LogP contribution in [0.25, 0.3) is 0 Å². The van der Waals surface area contributed by atoms with Gasteiger partial charge in [0.15, 0.2) is 11.5 Å². The third-order valence-corrected chi connectivity index (χ3v) is 4.89. The molecule has 2 aliphatic rings. The molecule has 2 aromatic carbocycles. The number of nitrogens with one attached hydrogen (secondary N) is 1. The summed E-state index contributed by atoms with van der Waals surface area (Å²) in [6, 6.07) is 13.4. The largest absolute Gasteiger partial charge is 0.486 e. The van der Waals surface area contributed by atoms with Gasteiger partial charge in [-0.15, -0.1) is 0 Å². The highest BCUT2D eigenvalue weighted by Crippen LogP contribution is 2.33. The molecule has 140 valence electrons. The number of carbonyl (C=O) groups excluding carboxylic acids is 2. The summed E-state index contributed by atoms with van der Waals surface area (Å²) in [6.07, 6.45) is 0.238. The molecular formula is C21H22N2O4. The number of benzene rings is 2. The number of fused-ring (bicyclic) bond motifs is 1. The highest BCUT2D eigenvalue weighted by Gasteiger charge is 2.34. The molecule has 1 atom stereocenters. The maximum atomic E-state index is 12.6. The maximum Gasteiger partial charge on any atom is 0.229 e. The number of ether oxygens (including phenoxy) is 2. The number of nitrogens with zero attached hydrogens (tertiary/aromatic N) is 1. The Morgan fingerprint density at radius 3 is 2.63 bits per heavy atom. The van der Waals surface area contributed by atoms with E-state index in [9.17, 15) is 9.59 Å². The molecule has 0 saturated carbocycles. The van der Waals surface area contributed by atoms with Crippen molar-refractivity contribution in [1.29, 1.82) is 0 Å². The minimum absolute atomic E-state index is 0.0119. The summed E-state index contributed by atoms with van der Waals surface area (Å²) in [7, 11) is 0. The minimum atomic E-state index is -0.351. The van der Waals surface area contributed by atoms with Crippen LogP contribution < -0.4 is 14.8 Å². The van der Waals surface area contributed by atoms with Crippen molar-refractivity contribution in [3.63, 3.8) is 0 Å². The monoisotopic (exact) mass is 366 g/mol. The normalized spacial score (nSPS) is 18.5. The van der Waals surface area contributed by atoms with E-state index in [4.69, 9.17) is 9.47 Å². The van der Waals surface area contributed by atoms with Crippen molar-refractivity contribution < 1.29 is 19.1 Å². The lowest BCUT2D eigenvalue weighted by molar-refractivity contribution is -0.128. The Labute approximate surface area is 158 Å². The summed E-state index contributed by atoms with van der Waals surface area (Å²) in [5, 5.41) is 2.89. The van der Waals surface area contributed by atoms with E-state index in [1.165, 1.54) is 5.56 Å². The van der Waals surface area contributed by atoms with Gasteiger partial charge in [0.2, 0.25) is 11.8 Å². The third-order valence-electron chi connectivity index (χ3n) is 4.89. The first-order chi connectivity index (χ1) is 13.1. The second-order valence-corrected chi connectivity index (χ2v) is 7.01. The maximum absolute atomic E-state index is 12.6. The van der Waals surface area contributed by atoms with Gasteiger partial charge in [-0.2, -0.15) is 0 Å². The topological polar surface area (TPSA) is 67.9 Å². The fourth-order valence-corrected chi connectivity index (χ4v) is 3.38. The van der Waals surface area contributed by atoms with Gasteiger partial charge < -0.3 is 19.7 Å². The molecule has 1 fully saturated rings. The molecule has 2 aromatic rings. The first kappa shape index (κ1) is 17.4. The van der Waals surface area contributed by atoms with Crippen LogP contribution in [-0.2, 0) is 16.1 Å². The fourth-order valence-electron chi connectivity index (χ4n) is 3.38. The van der Waals surface area contributed by atoms with Crippen LogP contribution in [0.2, 0.25) is 0 Å². The molecular weight excluding hydrogens is 344 g/mol. The molecule has 2 amide bonds. The van der Waals surface area contributed by atoms with Crippen molar-refractivity contribution in [1.82, 2.24) is 4.90 Å². The van der Waals surface area contributed by atoms with Crippen molar-refractivity contribution in [2.45, 2.75) is 19.9 Å².